The van der Waals surface area contributed by atoms with Gasteiger partial charge in [-0.3, -0.25) is 0 Å². The van der Waals surface area contributed by atoms with Crippen molar-refractivity contribution in [3.63, 3.8) is 0 Å². The highest BCUT2D eigenvalue weighted by Crippen LogP contribution is 2.06. The molecular formula is C10H18N4O. The van der Waals surface area contributed by atoms with Crippen LogP contribution in [0.4, 0.5) is 5.82 Å². The van der Waals surface area contributed by atoms with Gasteiger partial charge in [-0.25, -0.2) is 0 Å². The number of ether oxygens (including phenoxy) is 1. The summed E-state index contributed by atoms with van der Waals surface area (Å²) in [5, 5.41) is 11.1. The van der Waals surface area contributed by atoms with Crippen LogP contribution in [-0.4, -0.2) is 36.5 Å². The lowest BCUT2D eigenvalue weighted by atomic mass is 10.2. The van der Waals surface area contributed by atoms with E-state index in [1.165, 1.54) is 0 Å². The molecule has 0 bridgehead atoms. The molecule has 1 rings (SSSR count). The summed E-state index contributed by atoms with van der Waals surface area (Å²) in [5.74, 6) is 0.769. The Kier molecular flexibility index (Phi) is 5.00. The van der Waals surface area contributed by atoms with Crippen LogP contribution in [0, 0.1) is 6.92 Å². The molecule has 1 unspecified atom stereocenters. The molecule has 0 saturated carbocycles. The molecule has 15 heavy (non-hydrogen) atoms. The molecule has 0 spiro atoms. The molecular weight excluding hydrogens is 192 g/mol. The van der Waals surface area contributed by atoms with E-state index in [1.807, 2.05) is 13.0 Å². The van der Waals surface area contributed by atoms with Gasteiger partial charge in [0.2, 0.25) is 0 Å². The highest BCUT2D eigenvalue weighted by molar-refractivity contribution is 5.36. The van der Waals surface area contributed by atoms with Gasteiger partial charge < -0.3 is 15.8 Å². The van der Waals surface area contributed by atoms with E-state index in [4.69, 9.17) is 10.5 Å². The van der Waals surface area contributed by atoms with Crippen LogP contribution in [-0.2, 0) is 4.74 Å². The number of nitrogens with zero attached hydrogens (tertiary/aromatic N) is 2. The molecule has 5 nitrogen and oxygen atoms in total. The third-order valence-corrected chi connectivity index (χ3v) is 2.03. The van der Waals surface area contributed by atoms with Crippen LogP contribution in [0.3, 0.4) is 0 Å². The number of aryl methyl sites for hydroxylation is 1. The van der Waals surface area contributed by atoms with Crippen molar-refractivity contribution >= 4 is 5.82 Å². The van der Waals surface area contributed by atoms with Gasteiger partial charge in [0.05, 0.1) is 18.8 Å². The first-order chi connectivity index (χ1) is 7.26. The minimum absolute atomic E-state index is 0.191. The van der Waals surface area contributed by atoms with Crippen molar-refractivity contribution in [2.24, 2.45) is 5.73 Å². The zero-order valence-electron chi connectivity index (χ0n) is 9.23. The summed E-state index contributed by atoms with van der Waals surface area (Å²) in [5.41, 5.74) is 6.59. The highest BCUT2D eigenvalue weighted by atomic mass is 16.5. The predicted molar refractivity (Wildman–Crippen MR) is 59.7 cm³/mol. The summed E-state index contributed by atoms with van der Waals surface area (Å²) in [6.45, 7) is 3.22. The van der Waals surface area contributed by atoms with Crippen molar-refractivity contribution in [2.75, 3.05) is 25.6 Å². The smallest absolute Gasteiger partial charge is 0.149 e. The number of aromatic nitrogens is 2. The molecule has 5 heteroatoms. The van der Waals surface area contributed by atoms with E-state index in [2.05, 4.69) is 15.5 Å². The fourth-order valence-electron chi connectivity index (χ4n) is 1.34. The Bertz CT molecular complexity index is 287. The van der Waals surface area contributed by atoms with Crippen LogP contribution in [0.1, 0.15) is 12.0 Å². The Morgan fingerprint density at radius 3 is 3.00 bits per heavy atom. The Labute approximate surface area is 90.0 Å². The Morgan fingerprint density at radius 1 is 1.60 bits per heavy atom. The second-order valence-electron chi connectivity index (χ2n) is 3.49. The summed E-state index contributed by atoms with van der Waals surface area (Å²) in [6, 6.07) is 2.14. The molecule has 0 aliphatic heterocycles. The van der Waals surface area contributed by atoms with Crippen LogP contribution in [0.25, 0.3) is 0 Å². The van der Waals surface area contributed by atoms with E-state index in [0.29, 0.717) is 13.2 Å². The van der Waals surface area contributed by atoms with Gasteiger partial charge in [-0.2, -0.15) is 5.10 Å². The highest BCUT2D eigenvalue weighted by Gasteiger charge is 2.07. The van der Waals surface area contributed by atoms with Gasteiger partial charge in [0.15, 0.2) is 0 Å². The molecule has 1 aromatic heterocycles. The van der Waals surface area contributed by atoms with Gasteiger partial charge in [0.1, 0.15) is 5.82 Å². The van der Waals surface area contributed by atoms with Gasteiger partial charge >= 0.3 is 0 Å². The molecule has 84 valence electrons. The third kappa shape index (κ3) is 4.22. The predicted octanol–water partition coefficient (Wildman–Crippen LogP) is 0.561. The lowest BCUT2D eigenvalue weighted by Gasteiger charge is -2.17. The molecule has 0 aromatic carbocycles. The number of nitrogens with two attached hydrogens (primary N) is 1. The van der Waals surface area contributed by atoms with Gasteiger partial charge in [0.25, 0.3) is 0 Å². The second-order valence-corrected chi connectivity index (χ2v) is 3.49. The Hall–Kier alpha value is -1.20. The lowest BCUT2D eigenvalue weighted by Crippen LogP contribution is -2.28. The van der Waals surface area contributed by atoms with E-state index < -0.39 is 0 Å². The fourth-order valence-corrected chi connectivity index (χ4v) is 1.34. The summed E-state index contributed by atoms with van der Waals surface area (Å²) >= 11 is 0. The first-order valence-corrected chi connectivity index (χ1v) is 5.01. The number of hydrogen-bond acceptors (Lipinski definition) is 5. The quantitative estimate of drug-likeness (QED) is 0.717. The molecule has 0 radical (unpaired) electrons. The lowest BCUT2D eigenvalue weighted by molar-refractivity contribution is 0.183. The van der Waals surface area contributed by atoms with Gasteiger partial charge in [0, 0.05) is 7.11 Å². The van der Waals surface area contributed by atoms with Crippen LogP contribution in [0.15, 0.2) is 12.3 Å². The van der Waals surface area contributed by atoms with Crippen molar-refractivity contribution in [3.05, 3.63) is 17.8 Å². The molecule has 0 fully saturated rings. The van der Waals surface area contributed by atoms with Crippen LogP contribution in [0.5, 0.6) is 0 Å². The second kappa shape index (κ2) is 6.31. The van der Waals surface area contributed by atoms with E-state index >= 15 is 0 Å². The van der Waals surface area contributed by atoms with Crippen molar-refractivity contribution in [2.45, 2.75) is 19.4 Å². The Morgan fingerprint density at radius 2 is 2.40 bits per heavy atom. The summed E-state index contributed by atoms with van der Waals surface area (Å²) in [4.78, 5) is 0. The van der Waals surface area contributed by atoms with E-state index in [9.17, 15) is 0 Å². The molecule has 1 heterocycles. The molecule has 0 saturated heterocycles. The SMILES string of the molecule is COCC(CCN)Nc1cc(C)cnn1. The maximum Gasteiger partial charge on any atom is 0.149 e. The van der Waals surface area contributed by atoms with Crippen molar-refractivity contribution in [1.82, 2.24) is 10.2 Å². The minimum Gasteiger partial charge on any atom is -0.383 e. The van der Waals surface area contributed by atoms with Crippen molar-refractivity contribution in [3.8, 4) is 0 Å². The molecule has 1 aromatic rings. The van der Waals surface area contributed by atoms with Crippen LogP contribution >= 0.6 is 0 Å². The zero-order valence-corrected chi connectivity index (χ0v) is 9.23. The first kappa shape index (κ1) is 11.9. The average Bonchev–Trinajstić information content (AvgIpc) is 2.18. The largest absolute Gasteiger partial charge is 0.383 e. The number of rotatable bonds is 6. The summed E-state index contributed by atoms with van der Waals surface area (Å²) < 4.78 is 5.09. The van der Waals surface area contributed by atoms with Crippen LogP contribution < -0.4 is 11.1 Å². The van der Waals surface area contributed by atoms with Gasteiger partial charge in [-0.1, -0.05) is 0 Å². The monoisotopic (exact) mass is 210 g/mol. The molecule has 0 aliphatic carbocycles. The van der Waals surface area contributed by atoms with Gasteiger partial charge in [-0.05, 0) is 31.5 Å². The molecule has 3 N–H and O–H groups in total. The number of hydrogen-bond donors (Lipinski definition) is 2. The fraction of sp³-hybridized carbons (Fsp3) is 0.600. The maximum absolute atomic E-state index is 5.51. The number of nitrogens with one attached hydrogen (secondary N) is 1. The standard InChI is InChI=1S/C10H18N4O/c1-8-5-10(14-12-6-8)13-9(3-4-11)7-15-2/h5-6,9H,3-4,7,11H2,1-2H3,(H,13,14). The minimum atomic E-state index is 0.191. The zero-order chi connectivity index (χ0) is 11.1. The number of methoxy groups -OCH3 is 1. The Balaban J connectivity index is 2.56. The molecule has 0 amide bonds. The van der Waals surface area contributed by atoms with E-state index in [-0.39, 0.29) is 6.04 Å². The normalized spacial score (nSPS) is 12.5. The summed E-state index contributed by atoms with van der Waals surface area (Å²) in [6.07, 6.45) is 2.57. The topological polar surface area (TPSA) is 73.1 Å². The van der Waals surface area contributed by atoms with Crippen LogP contribution in [0.2, 0.25) is 0 Å². The van der Waals surface area contributed by atoms with E-state index in [0.717, 1.165) is 17.8 Å². The third-order valence-electron chi connectivity index (χ3n) is 2.03. The average molecular weight is 210 g/mol. The molecule has 0 aliphatic rings. The maximum atomic E-state index is 5.51. The molecule has 1 atom stereocenters. The van der Waals surface area contributed by atoms with E-state index in [1.54, 1.807) is 13.3 Å². The van der Waals surface area contributed by atoms with Crippen molar-refractivity contribution < 1.29 is 4.74 Å². The van der Waals surface area contributed by atoms with Crippen molar-refractivity contribution in [1.29, 1.82) is 0 Å². The number of anilines is 1. The van der Waals surface area contributed by atoms with Gasteiger partial charge in [-0.15, -0.1) is 5.10 Å². The first-order valence-electron chi connectivity index (χ1n) is 5.01. The summed E-state index contributed by atoms with van der Waals surface area (Å²) in [7, 11) is 1.67.